The molecule has 0 radical (unpaired) electrons. The number of rotatable bonds is 2. The van der Waals surface area contributed by atoms with E-state index in [1.54, 1.807) is 58.2 Å². The zero-order chi connectivity index (χ0) is 19.4. The fourth-order valence-electron chi connectivity index (χ4n) is 2.41. The van der Waals surface area contributed by atoms with Crippen molar-refractivity contribution >= 4 is 0 Å². The number of aromatic nitrogens is 2. The van der Waals surface area contributed by atoms with Crippen LogP contribution in [0.1, 0.15) is 5.56 Å². The molecule has 154 valence electrons. The van der Waals surface area contributed by atoms with Gasteiger partial charge in [-0.1, -0.05) is 12.1 Å². The molecule has 0 aliphatic rings. The van der Waals surface area contributed by atoms with Gasteiger partial charge < -0.3 is 24.0 Å². The third kappa shape index (κ3) is 6.15. The first-order valence-corrected chi connectivity index (χ1v) is 7.91. The maximum atomic E-state index is 13.5. The first-order chi connectivity index (χ1) is 13.0. The molecule has 2 nitrogen and oxygen atoms in total. The van der Waals surface area contributed by atoms with Crippen LogP contribution in [0.25, 0.3) is 11.4 Å². The van der Waals surface area contributed by atoms with E-state index in [1.807, 2.05) is 6.07 Å². The molecule has 2 aromatic carbocycles. The molecule has 7 heteroatoms. The predicted molar refractivity (Wildman–Crippen MR) is 107 cm³/mol. The van der Waals surface area contributed by atoms with Gasteiger partial charge in [-0.3, -0.25) is 8.78 Å². The fourth-order valence-corrected chi connectivity index (χ4v) is 2.41. The second-order valence-electron chi connectivity index (χ2n) is 5.55. The normalized spacial score (nSPS) is 9.33. The Hall–Kier alpha value is -2.70. The molecular weight excluding hydrogens is 428 g/mol. The van der Waals surface area contributed by atoms with Gasteiger partial charge in [0.25, 0.3) is 0 Å². The molecular formula is C23H20F4N2Ti. The Morgan fingerprint density at radius 2 is 1.17 bits per heavy atom. The van der Waals surface area contributed by atoms with Crippen molar-refractivity contribution in [2.24, 2.45) is 0 Å². The molecule has 0 atom stereocenters. The summed E-state index contributed by atoms with van der Waals surface area (Å²) < 4.78 is 55.1. The topological polar surface area (TPSA) is 9.86 Å². The maximum Gasteiger partial charge on any atom is 4.00 e. The molecule has 0 saturated heterocycles. The van der Waals surface area contributed by atoms with Crippen LogP contribution in [0.2, 0.25) is 0 Å². The molecule has 0 saturated carbocycles. The third-order valence-electron chi connectivity index (χ3n) is 3.77. The van der Waals surface area contributed by atoms with Crippen LogP contribution in [0, 0.1) is 51.1 Å². The Bertz CT molecular complexity index is 1030. The zero-order valence-corrected chi connectivity index (χ0v) is 18.1. The summed E-state index contributed by atoms with van der Waals surface area (Å²) in [6.45, 7) is 3.33. The minimum atomic E-state index is -0.687. The molecule has 0 bridgehead atoms. The molecule has 0 N–H and O–H groups in total. The van der Waals surface area contributed by atoms with Crippen molar-refractivity contribution in [2.75, 3.05) is 0 Å². The van der Waals surface area contributed by atoms with Crippen LogP contribution in [0.4, 0.5) is 17.6 Å². The van der Waals surface area contributed by atoms with Crippen molar-refractivity contribution in [1.29, 1.82) is 0 Å². The van der Waals surface area contributed by atoms with E-state index in [0.29, 0.717) is 11.4 Å². The summed E-state index contributed by atoms with van der Waals surface area (Å²) in [4.78, 5) is 0. The van der Waals surface area contributed by atoms with Gasteiger partial charge in [0.2, 0.25) is 0 Å². The molecule has 0 amide bonds. The van der Waals surface area contributed by atoms with Crippen LogP contribution in [0.5, 0.6) is 0 Å². The van der Waals surface area contributed by atoms with Gasteiger partial charge in [-0.25, -0.2) is 8.78 Å². The summed E-state index contributed by atoms with van der Waals surface area (Å²) in [6, 6.07) is 14.2. The van der Waals surface area contributed by atoms with Crippen LogP contribution in [-0.2, 0) is 21.7 Å². The van der Waals surface area contributed by atoms with E-state index in [2.05, 4.69) is 6.92 Å². The van der Waals surface area contributed by atoms with Crippen LogP contribution < -0.4 is 0 Å². The Kier molecular flexibility index (Phi) is 11.0. The van der Waals surface area contributed by atoms with E-state index in [-0.39, 0.29) is 42.1 Å². The van der Waals surface area contributed by atoms with E-state index in [1.165, 1.54) is 24.3 Å². The molecule has 4 rings (SSSR count). The van der Waals surface area contributed by atoms with Crippen LogP contribution in [0.3, 0.4) is 0 Å². The number of nitrogens with zero attached hydrogens (tertiary/aromatic N) is 2. The molecule has 4 aromatic rings. The average molecular weight is 448 g/mol. The van der Waals surface area contributed by atoms with Gasteiger partial charge in [0, 0.05) is 41.3 Å². The summed E-state index contributed by atoms with van der Waals surface area (Å²) in [5.74, 6) is -2.62. The van der Waals surface area contributed by atoms with E-state index >= 15 is 0 Å². The van der Waals surface area contributed by atoms with E-state index in [9.17, 15) is 17.6 Å². The Labute approximate surface area is 189 Å². The molecule has 0 aliphatic carbocycles. The molecule has 2 heterocycles. The number of halogens is 4. The van der Waals surface area contributed by atoms with Crippen LogP contribution >= 0.6 is 0 Å². The van der Waals surface area contributed by atoms with Crippen LogP contribution in [0.15, 0.2) is 73.3 Å². The smallest absolute Gasteiger partial charge is 0.375 e. The summed E-state index contributed by atoms with van der Waals surface area (Å²) in [6.07, 6.45) is 6.75. The van der Waals surface area contributed by atoms with E-state index in [0.717, 1.165) is 0 Å². The average Bonchev–Trinajstić information content (AvgIpc) is 3.34. The van der Waals surface area contributed by atoms with E-state index < -0.39 is 23.3 Å². The summed E-state index contributed by atoms with van der Waals surface area (Å²) >= 11 is 0. The quantitative estimate of drug-likeness (QED) is 0.191. The van der Waals surface area contributed by atoms with Crippen molar-refractivity contribution in [2.45, 2.75) is 0 Å². The zero-order valence-electron chi connectivity index (χ0n) is 16.5. The van der Waals surface area contributed by atoms with Crippen molar-refractivity contribution < 1.29 is 39.3 Å². The summed E-state index contributed by atoms with van der Waals surface area (Å²) in [5, 5.41) is 0. The summed E-state index contributed by atoms with van der Waals surface area (Å²) in [7, 11) is 0. The van der Waals surface area contributed by atoms with Gasteiger partial charge >= 0.3 is 21.7 Å². The molecule has 0 aliphatic heterocycles. The fraction of sp³-hybridized carbons (Fsp3) is 0. The van der Waals surface area contributed by atoms with Crippen molar-refractivity contribution in [3.63, 3.8) is 0 Å². The maximum absolute atomic E-state index is 13.5. The monoisotopic (exact) mass is 448 g/mol. The second-order valence-corrected chi connectivity index (χ2v) is 5.55. The number of hydrogen-bond donors (Lipinski definition) is 0. The van der Waals surface area contributed by atoms with E-state index in [4.69, 9.17) is 0 Å². The Morgan fingerprint density at radius 3 is 1.67 bits per heavy atom. The predicted octanol–water partition coefficient (Wildman–Crippen LogP) is 6.39. The molecule has 0 unspecified atom stereocenters. The van der Waals surface area contributed by atoms with Gasteiger partial charge in [-0.15, -0.1) is 23.8 Å². The Balaban J connectivity index is 0.000000511. The summed E-state index contributed by atoms with van der Waals surface area (Å²) in [5.41, 5.74) is 0.406. The second kappa shape index (κ2) is 12.1. The molecule has 2 aromatic heterocycles. The van der Waals surface area contributed by atoms with Gasteiger partial charge in [0.1, 0.15) is 0 Å². The van der Waals surface area contributed by atoms with Gasteiger partial charge in [0.15, 0.2) is 0 Å². The molecule has 30 heavy (non-hydrogen) atoms. The SMILES string of the molecule is Fc1[c-]c(F)c(-n2cccc2)cc1.[CH2-]c1c(F)ccc(-n2cccc2)c1F.[CH3-].[CH3-].[Ti+4]. The van der Waals surface area contributed by atoms with Crippen LogP contribution in [-0.4, -0.2) is 9.13 Å². The van der Waals surface area contributed by atoms with Crippen molar-refractivity contribution in [3.05, 3.63) is 130 Å². The molecule has 0 fully saturated rings. The largest absolute Gasteiger partial charge is 4.00 e. The van der Waals surface area contributed by atoms with Gasteiger partial charge in [-0.05, 0) is 42.3 Å². The number of benzene rings is 2. The van der Waals surface area contributed by atoms with Crippen molar-refractivity contribution in [1.82, 2.24) is 9.13 Å². The molecule has 0 spiro atoms. The minimum absolute atomic E-state index is 0. The van der Waals surface area contributed by atoms with Gasteiger partial charge in [0.05, 0.1) is 0 Å². The minimum Gasteiger partial charge on any atom is -0.375 e. The third-order valence-corrected chi connectivity index (χ3v) is 3.77. The number of hydrogen-bond acceptors (Lipinski definition) is 0. The standard InChI is InChI=1S/C11H8F2N.C10H6F2N.2CH3.Ti/c1-8-9(12)4-5-10(11(8)13)14-6-2-3-7-14;11-8-3-4-10(9(12)7-8)13-5-1-2-6-13;;;/h2-7H,1H2;1-6H;2*1H3;/q4*-1;+4. The van der Waals surface area contributed by atoms with Gasteiger partial charge in [-0.2, -0.15) is 6.92 Å². The Morgan fingerprint density at radius 1 is 0.700 bits per heavy atom. The first kappa shape index (κ1) is 27.3. The first-order valence-electron chi connectivity index (χ1n) is 7.91. The van der Waals surface area contributed by atoms with Crippen molar-refractivity contribution in [3.8, 4) is 11.4 Å².